The number of carbonyl (C=O) groups excluding carboxylic acids is 1. The molecule has 42 heavy (non-hydrogen) atoms. The first-order chi connectivity index (χ1) is 20.1. The molecule has 1 fully saturated rings. The van der Waals surface area contributed by atoms with Crippen LogP contribution in [0.4, 0.5) is 0 Å². The van der Waals surface area contributed by atoms with Gasteiger partial charge in [-0.2, -0.15) is 0 Å². The van der Waals surface area contributed by atoms with E-state index in [0.29, 0.717) is 11.1 Å². The molecule has 0 bridgehead atoms. The average Bonchev–Trinajstić information content (AvgIpc) is 2.96. The Balaban J connectivity index is 1.79. The van der Waals surface area contributed by atoms with Crippen LogP contribution in [0.5, 0.6) is 11.5 Å². The first-order valence-corrected chi connectivity index (χ1v) is 13.1. The number of aliphatic imine (C=N–C) groups is 2. The van der Waals surface area contributed by atoms with Crippen LogP contribution in [0.2, 0.25) is 0 Å². The fourth-order valence-corrected chi connectivity index (χ4v) is 4.09. The van der Waals surface area contributed by atoms with Crippen molar-refractivity contribution in [3.8, 4) is 11.5 Å². The highest BCUT2D eigenvalue weighted by Gasteiger charge is 2.48. The number of aliphatic hydroxyl groups excluding tert-OH is 5. The summed E-state index contributed by atoms with van der Waals surface area (Å²) >= 11 is 0. The van der Waals surface area contributed by atoms with Gasteiger partial charge in [-0.15, -0.1) is 0 Å². The van der Waals surface area contributed by atoms with Crippen LogP contribution >= 0.6 is 0 Å². The van der Waals surface area contributed by atoms with Gasteiger partial charge in [0.05, 0.1) is 32.5 Å². The third kappa shape index (κ3) is 9.27. The van der Waals surface area contributed by atoms with Gasteiger partial charge in [-0.3, -0.25) is 14.8 Å². The molecule has 14 heteroatoms. The van der Waals surface area contributed by atoms with E-state index in [2.05, 4.69) is 9.98 Å². The number of phenolic OH excluding ortho intramolecular Hbond substituents is 2. The fourth-order valence-electron chi connectivity index (χ4n) is 4.09. The summed E-state index contributed by atoms with van der Waals surface area (Å²) < 4.78 is 21.9. The monoisotopic (exact) mass is 592 g/mol. The highest BCUT2D eigenvalue weighted by molar-refractivity contribution is 5.66. The van der Waals surface area contributed by atoms with E-state index in [4.69, 9.17) is 18.9 Å². The lowest BCUT2D eigenvalue weighted by Crippen LogP contribution is -2.61. The molecule has 0 saturated carbocycles. The Hall–Kier alpha value is -3.47. The average molecular weight is 593 g/mol. The second-order valence-corrected chi connectivity index (χ2v) is 9.37. The van der Waals surface area contributed by atoms with Crippen molar-refractivity contribution in [2.24, 2.45) is 9.98 Å². The molecule has 0 aromatic heterocycles. The summed E-state index contributed by atoms with van der Waals surface area (Å²) in [5.41, 5.74) is 0.973. The number of nitrogens with zero attached hydrogens (tertiary/aromatic N) is 2. The van der Waals surface area contributed by atoms with Gasteiger partial charge in [0.2, 0.25) is 0 Å². The van der Waals surface area contributed by atoms with Crippen molar-refractivity contribution in [2.45, 2.75) is 69.2 Å². The molecule has 1 aliphatic rings. The number of aromatic hydroxyl groups is 2. The van der Waals surface area contributed by atoms with Crippen LogP contribution in [0.15, 0.2) is 58.5 Å². The zero-order valence-corrected chi connectivity index (χ0v) is 22.8. The van der Waals surface area contributed by atoms with Crippen LogP contribution in [0, 0.1) is 0 Å². The predicted molar refractivity (Wildman–Crippen MR) is 147 cm³/mol. The molecule has 0 radical (unpaired) electrons. The SMILES string of the molecule is CC(=O)O[C@H]1[C@@H](O)[C@@H](CO)O[C@@H](O[C@@H](C=NCc2ccccc2O)[C@@H](CO)O[C@H](O)C=NCc2ccccc2O)[C@@H]1O. The van der Waals surface area contributed by atoms with E-state index in [9.17, 15) is 40.5 Å². The Morgan fingerprint density at radius 2 is 1.52 bits per heavy atom. The number of aliphatic hydroxyl groups is 5. The first-order valence-electron chi connectivity index (χ1n) is 13.1. The van der Waals surface area contributed by atoms with E-state index in [1.54, 1.807) is 36.4 Å². The second kappa shape index (κ2) is 16.2. The molecule has 2 aromatic rings. The van der Waals surface area contributed by atoms with Gasteiger partial charge in [0.15, 0.2) is 18.7 Å². The van der Waals surface area contributed by atoms with Crippen molar-refractivity contribution in [3.63, 3.8) is 0 Å². The van der Waals surface area contributed by atoms with Gasteiger partial charge >= 0.3 is 5.97 Å². The Labute approximate surface area is 241 Å². The number of hydrogen-bond donors (Lipinski definition) is 7. The molecule has 1 saturated heterocycles. The van der Waals surface area contributed by atoms with Gasteiger partial charge < -0.3 is 54.7 Å². The molecule has 230 valence electrons. The van der Waals surface area contributed by atoms with Crippen LogP contribution in [0.1, 0.15) is 18.1 Å². The Morgan fingerprint density at radius 3 is 2.05 bits per heavy atom. The summed E-state index contributed by atoms with van der Waals surface area (Å²) in [6.45, 7) is -0.338. The highest BCUT2D eigenvalue weighted by Crippen LogP contribution is 2.26. The molecule has 0 spiro atoms. The molecule has 8 atom stereocenters. The zero-order chi connectivity index (χ0) is 30.6. The van der Waals surface area contributed by atoms with Crippen LogP contribution in [-0.2, 0) is 36.8 Å². The number of esters is 1. The smallest absolute Gasteiger partial charge is 0.303 e. The third-order valence-electron chi connectivity index (χ3n) is 6.27. The molecule has 1 aliphatic heterocycles. The minimum Gasteiger partial charge on any atom is -0.508 e. The van der Waals surface area contributed by atoms with Crippen LogP contribution in [-0.4, -0.2) is 117 Å². The zero-order valence-electron chi connectivity index (χ0n) is 22.8. The number of rotatable bonds is 14. The van der Waals surface area contributed by atoms with Crippen molar-refractivity contribution < 1.29 is 59.5 Å². The lowest BCUT2D eigenvalue weighted by Gasteiger charge is -2.42. The molecular weight excluding hydrogens is 556 g/mol. The van der Waals surface area contributed by atoms with E-state index in [-0.39, 0.29) is 24.6 Å². The van der Waals surface area contributed by atoms with E-state index in [0.717, 1.165) is 13.1 Å². The first kappa shape index (κ1) is 33.0. The molecule has 7 N–H and O–H groups in total. The molecule has 0 amide bonds. The Morgan fingerprint density at radius 1 is 0.952 bits per heavy atom. The lowest BCUT2D eigenvalue weighted by atomic mass is 9.99. The van der Waals surface area contributed by atoms with Gasteiger partial charge in [0.25, 0.3) is 0 Å². The Kier molecular flexibility index (Phi) is 12.8. The fraction of sp³-hybridized carbons (Fsp3) is 0.464. The molecule has 3 rings (SSSR count). The molecule has 14 nitrogen and oxygen atoms in total. The van der Waals surface area contributed by atoms with Crippen molar-refractivity contribution >= 4 is 18.4 Å². The summed E-state index contributed by atoms with van der Waals surface area (Å²) in [5, 5.41) is 71.3. The number of phenols is 2. The molecule has 1 heterocycles. The van der Waals surface area contributed by atoms with Crippen LogP contribution < -0.4 is 0 Å². The van der Waals surface area contributed by atoms with E-state index in [1.165, 1.54) is 18.3 Å². The van der Waals surface area contributed by atoms with Crippen molar-refractivity contribution in [1.29, 1.82) is 0 Å². The predicted octanol–water partition coefficient (Wildman–Crippen LogP) is -0.609. The second-order valence-electron chi connectivity index (χ2n) is 9.37. The quantitative estimate of drug-likeness (QED) is 0.0830. The maximum Gasteiger partial charge on any atom is 0.303 e. The minimum atomic E-state index is -1.73. The number of hydrogen-bond acceptors (Lipinski definition) is 14. The summed E-state index contributed by atoms with van der Waals surface area (Å²) in [6.07, 6.45) is -9.79. The van der Waals surface area contributed by atoms with Gasteiger partial charge in [0.1, 0.15) is 42.0 Å². The lowest BCUT2D eigenvalue weighted by molar-refractivity contribution is -0.315. The maximum atomic E-state index is 11.6. The summed E-state index contributed by atoms with van der Waals surface area (Å²) in [7, 11) is 0. The maximum absolute atomic E-state index is 11.6. The normalized spacial score (nSPS) is 25.0. The summed E-state index contributed by atoms with van der Waals surface area (Å²) in [6, 6.07) is 13.0. The van der Waals surface area contributed by atoms with Crippen LogP contribution in [0.3, 0.4) is 0 Å². The summed E-state index contributed by atoms with van der Waals surface area (Å²) in [4.78, 5) is 19.8. The van der Waals surface area contributed by atoms with Gasteiger partial charge in [0, 0.05) is 24.3 Å². The largest absolute Gasteiger partial charge is 0.508 e. The molecular formula is C28H36N2O12. The van der Waals surface area contributed by atoms with E-state index < -0.39 is 68.4 Å². The molecule has 0 unspecified atom stereocenters. The standard InChI is InChI=1S/C28H36N2O12/c1-16(33)39-27-25(37)23(15-32)42-28(26(27)38)41-21(12-29-10-17-6-2-4-8-19(17)34)22(14-31)40-24(36)13-30-11-18-7-3-5-9-20(18)35/h2-9,12-13,21-28,31-32,34-38H,10-11,14-15H2,1H3/t21-,22+,23+,24-,25-,26+,27-,28+/m0/s1. The minimum absolute atomic E-state index is 0.00630. The topological polar surface area (TPSA) is 220 Å². The van der Waals surface area contributed by atoms with E-state index in [1.807, 2.05) is 0 Å². The van der Waals surface area contributed by atoms with Gasteiger partial charge in [-0.1, -0.05) is 36.4 Å². The number of carbonyl (C=O) groups is 1. The third-order valence-corrected chi connectivity index (χ3v) is 6.27. The Bertz CT molecular complexity index is 1190. The van der Waals surface area contributed by atoms with Gasteiger partial charge in [-0.05, 0) is 12.1 Å². The molecule has 0 aliphatic carbocycles. The van der Waals surface area contributed by atoms with E-state index >= 15 is 0 Å². The van der Waals surface area contributed by atoms with Gasteiger partial charge in [-0.25, -0.2) is 0 Å². The van der Waals surface area contributed by atoms with Crippen LogP contribution in [0.25, 0.3) is 0 Å². The number of para-hydroxylation sites is 2. The summed E-state index contributed by atoms with van der Waals surface area (Å²) in [5.74, 6) is -0.788. The highest BCUT2D eigenvalue weighted by atomic mass is 16.7. The number of benzene rings is 2. The van der Waals surface area contributed by atoms with Crippen molar-refractivity contribution in [1.82, 2.24) is 0 Å². The number of ether oxygens (including phenoxy) is 4. The molecule has 2 aromatic carbocycles. The van der Waals surface area contributed by atoms with Crippen molar-refractivity contribution in [3.05, 3.63) is 59.7 Å². The van der Waals surface area contributed by atoms with Crippen molar-refractivity contribution in [2.75, 3.05) is 13.2 Å².